The van der Waals surface area contributed by atoms with Crippen molar-refractivity contribution in [1.29, 1.82) is 0 Å². The molecule has 164 valence electrons. The summed E-state index contributed by atoms with van der Waals surface area (Å²) >= 11 is 5.90. The molecule has 1 unspecified atom stereocenters. The molecule has 0 radical (unpaired) electrons. The topological polar surface area (TPSA) is 67.9 Å². The number of hydrogen-bond acceptors (Lipinski definition) is 4. The van der Waals surface area contributed by atoms with Crippen LogP contribution in [0.5, 0.6) is 11.5 Å². The van der Waals surface area contributed by atoms with Crippen LogP contribution in [0.2, 0.25) is 5.02 Å². The highest BCUT2D eigenvalue weighted by atomic mass is 35.5. The number of nitrogens with zero attached hydrogens (tertiary/aromatic N) is 1. The molecule has 0 aliphatic carbocycles. The van der Waals surface area contributed by atoms with E-state index in [9.17, 15) is 9.59 Å². The third kappa shape index (κ3) is 4.70. The van der Waals surface area contributed by atoms with E-state index in [4.69, 9.17) is 21.1 Å². The molecule has 7 heteroatoms. The standard InChI is InChI=1S/C25H23ClN2O4/c1-16-25(30)28(14-18-5-3-4-6-22(18)31-2)15-19-13-21(11-12-23(19)32-16)27-24(29)17-7-9-20(26)10-8-17/h3-13,16H,14-15H2,1-2H3,(H,27,29). The molecule has 6 nitrogen and oxygen atoms in total. The molecule has 3 aromatic carbocycles. The van der Waals surface area contributed by atoms with Crippen LogP contribution in [-0.4, -0.2) is 29.9 Å². The number of anilines is 1. The van der Waals surface area contributed by atoms with E-state index >= 15 is 0 Å². The quantitative estimate of drug-likeness (QED) is 0.599. The van der Waals surface area contributed by atoms with Gasteiger partial charge in [-0.25, -0.2) is 0 Å². The van der Waals surface area contributed by atoms with Crippen LogP contribution < -0.4 is 14.8 Å². The van der Waals surface area contributed by atoms with Crippen LogP contribution >= 0.6 is 11.6 Å². The van der Waals surface area contributed by atoms with Crippen molar-refractivity contribution < 1.29 is 19.1 Å². The summed E-state index contributed by atoms with van der Waals surface area (Å²) < 4.78 is 11.3. The van der Waals surface area contributed by atoms with E-state index in [0.717, 1.165) is 16.9 Å². The van der Waals surface area contributed by atoms with Crippen molar-refractivity contribution in [3.63, 3.8) is 0 Å². The van der Waals surface area contributed by atoms with Crippen molar-refractivity contribution in [3.05, 3.63) is 88.4 Å². The molecular formula is C25H23ClN2O4. The van der Waals surface area contributed by atoms with Gasteiger partial charge in [0.25, 0.3) is 11.8 Å². The molecule has 0 saturated heterocycles. The van der Waals surface area contributed by atoms with E-state index in [1.807, 2.05) is 30.3 Å². The number of carbonyl (C=O) groups is 2. The average Bonchev–Trinajstić information content (AvgIpc) is 2.91. The number of methoxy groups -OCH3 is 1. The average molecular weight is 451 g/mol. The number of ether oxygens (including phenoxy) is 2. The van der Waals surface area contributed by atoms with Crippen LogP contribution in [0.4, 0.5) is 5.69 Å². The first-order valence-electron chi connectivity index (χ1n) is 10.2. The first-order valence-corrected chi connectivity index (χ1v) is 10.6. The number of hydrogen-bond donors (Lipinski definition) is 1. The van der Waals surface area contributed by atoms with Crippen molar-refractivity contribution in [2.75, 3.05) is 12.4 Å². The van der Waals surface area contributed by atoms with Crippen molar-refractivity contribution in [2.24, 2.45) is 0 Å². The van der Waals surface area contributed by atoms with Gasteiger partial charge in [-0.3, -0.25) is 9.59 Å². The van der Waals surface area contributed by atoms with Crippen LogP contribution in [0.25, 0.3) is 0 Å². The van der Waals surface area contributed by atoms with E-state index in [0.29, 0.717) is 35.1 Å². The zero-order valence-electron chi connectivity index (χ0n) is 17.8. The number of fused-ring (bicyclic) bond motifs is 1. The lowest BCUT2D eigenvalue weighted by Gasteiger charge is -2.23. The van der Waals surface area contributed by atoms with Crippen molar-refractivity contribution in [2.45, 2.75) is 26.1 Å². The van der Waals surface area contributed by atoms with E-state index in [1.165, 1.54) is 0 Å². The summed E-state index contributed by atoms with van der Waals surface area (Å²) in [6.07, 6.45) is -0.625. The second-order valence-corrected chi connectivity index (χ2v) is 7.99. The maximum Gasteiger partial charge on any atom is 0.263 e. The van der Waals surface area contributed by atoms with Crippen LogP contribution in [0.15, 0.2) is 66.7 Å². The summed E-state index contributed by atoms with van der Waals surface area (Å²) in [5.41, 5.74) is 2.84. The van der Waals surface area contributed by atoms with E-state index in [-0.39, 0.29) is 11.8 Å². The second kappa shape index (κ2) is 9.32. The molecule has 1 aliphatic heterocycles. The molecule has 0 bridgehead atoms. The predicted molar refractivity (Wildman–Crippen MR) is 123 cm³/mol. The molecule has 0 fully saturated rings. The molecule has 32 heavy (non-hydrogen) atoms. The Morgan fingerprint density at radius 2 is 1.91 bits per heavy atom. The number of halogens is 1. The SMILES string of the molecule is COc1ccccc1CN1Cc2cc(NC(=O)c3ccc(Cl)cc3)ccc2OC(C)C1=O. The monoisotopic (exact) mass is 450 g/mol. The Bertz CT molecular complexity index is 1150. The van der Waals surface area contributed by atoms with Crippen LogP contribution in [-0.2, 0) is 17.9 Å². The summed E-state index contributed by atoms with van der Waals surface area (Å²) in [4.78, 5) is 27.3. The third-order valence-corrected chi connectivity index (χ3v) is 5.55. The predicted octanol–water partition coefficient (Wildman–Crippen LogP) is 4.91. The molecular weight excluding hydrogens is 428 g/mol. The van der Waals surface area contributed by atoms with Crippen LogP contribution in [0.1, 0.15) is 28.4 Å². The summed E-state index contributed by atoms with van der Waals surface area (Å²) in [6, 6.07) is 19.7. The van der Waals surface area contributed by atoms with Crippen molar-refractivity contribution >= 4 is 29.1 Å². The highest BCUT2D eigenvalue weighted by molar-refractivity contribution is 6.30. The highest BCUT2D eigenvalue weighted by Gasteiger charge is 2.28. The first kappa shape index (κ1) is 21.7. The Hall–Kier alpha value is -3.51. The molecule has 1 atom stereocenters. The number of nitrogens with one attached hydrogen (secondary N) is 1. The lowest BCUT2D eigenvalue weighted by Crippen LogP contribution is -2.37. The Morgan fingerprint density at radius 3 is 2.66 bits per heavy atom. The molecule has 0 aromatic heterocycles. The maximum absolute atomic E-state index is 13.0. The van der Waals surface area contributed by atoms with Gasteiger partial charge in [-0.15, -0.1) is 0 Å². The maximum atomic E-state index is 13.0. The van der Waals surface area contributed by atoms with Gasteiger partial charge in [0, 0.05) is 40.5 Å². The summed E-state index contributed by atoms with van der Waals surface area (Å²) in [6.45, 7) is 2.47. The van der Waals surface area contributed by atoms with E-state index in [2.05, 4.69) is 5.32 Å². The van der Waals surface area contributed by atoms with Gasteiger partial charge in [-0.1, -0.05) is 29.8 Å². The van der Waals surface area contributed by atoms with Gasteiger partial charge in [0.2, 0.25) is 0 Å². The second-order valence-electron chi connectivity index (χ2n) is 7.55. The molecule has 1 aliphatic rings. The van der Waals surface area contributed by atoms with Gasteiger partial charge in [-0.05, 0) is 55.5 Å². The fraction of sp³-hybridized carbons (Fsp3) is 0.200. The van der Waals surface area contributed by atoms with Crippen LogP contribution in [0.3, 0.4) is 0 Å². The highest BCUT2D eigenvalue weighted by Crippen LogP contribution is 2.30. The van der Waals surface area contributed by atoms with Gasteiger partial charge >= 0.3 is 0 Å². The van der Waals surface area contributed by atoms with Gasteiger partial charge < -0.3 is 19.7 Å². The van der Waals surface area contributed by atoms with Gasteiger partial charge in [0.05, 0.1) is 7.11 Å². The molecule has 3 aromatic rings. The molecule has 2 amide bonds. The Kier molecular flexibility index (Phi) is 6.32. The molecule has 0 spiro atoms. The summed E-state index contributed by atoms with van der Waals surface area (Å²) in [5.74, 6) is 0.991. The Labute approximate surface area is 191 Å². The Balaban J connectivity index is 1.57. The fourth-order valence-corrected chi connectivity index (χ4v) is 3.78. The largest absolute Gasteiger partial charge is 0.496 e. The molecule has 1 heterocycles. The zero-order valence-corrected chi connectivity index (χ0v) is 18.6. The minimum absolute atomic E-state index is 0.112. The minimum atomic E-state index is -0.625. The third-order valence-electron chi connectivity index (χ3n) is 5.30. The van der Waals surface area contributed by atoms with Gasteiger partial charge in [0.1, 0.15) is 11.5 Å². The fourth-order valence-electron chi connectivity index (χ4n) is 3.65. The van der Waals surface area contributed by atoms with Crippen LogP contribution in [0, 0.1) is 0 Å². The zero-order chi connectivity index (χ0) is 22.7. The number of carbonyl (C=O) groups excluding carboxylic acids is 2. The first-order chi connectivity index (χ1) is 15.4. The minimum Gasteiger partial charge on any atom is -0.496 e. The number of rotatable bonds is 5. The van der Waals surface area contributed by atoms with Gasteiger partial charge in [-0.2, -0.15) is 0 Å². The van der Waals surface area contributed by atoms with E-state index in [1.54, 1.807) is 55.3 Å². The smallest absolute Gasteiger partial charge is 0.263 e. The lowest BCUT2D eigenvalue weighted by molar-refractivity contribution is -0.138. The summed E-state index contributed by atoms with van der Waals surface area (Å²) in [5, 5.41) is 3.46. The Morgan fingerprint density at radius 1 is 1.16 bits per heavy atom. The van der Waals surface area contributed by atoms with Gasteiger partial charge in [0.15, 0.2) is 6.10 Å². The lowest BCUT2D eigenvalue weighted by atomic mass is 10.1. The number of amides is 2. The summed E-state index contributed by atoms with van der Waals surface area (Å²) in [7, 11) is 1.61. The van der Waals surface area contributed by atoms with Crippen molar-refractivity contribution in [3.8, 4) is 11.5 Å². The molecule has 0 saturated carbocycles. The molecule has 1 N–H and O–H groups in total. The number of para-hydroxylation sites is 1. The normalized spacial score (nSPS) is 15.4. The number of benzene rings is 3. The van der Waals surface area contributed by atoms with E-state index < -0.39 is 6.10 Å². The molecule has 4 rings (SSSR count). The van der Waals surface area contributed by atoms with Crippen molar-refractivity contribution in [1.82, 2.24) is 4.90 Å².